The van der Waals surface area contributed by atoms with E-state index in [9.17, 15) is 41.9 Å². The van der Waals surface area contributed by atoms with Gasteiger partial charge >= 0.3 is 0 Å². The van der Waals surface area contributed by atoms with Crippen LogP contribution in [-0.4, -0.2) is 84.9 Å². The molecule has 2 atom stereocenters. The van der Waals surface area contributed by atoms with Gasteiger partial charge < -0.3 is 4.90 Å². The van der Waals surface area contributed by atoms with Crippen molar-refractivity contribution in [2.45, 2.75) is 60.6 Å². The van der Waals surface area contributed by atoms with Crippen LogP contribution in [0.25, 0.3) is 0 Å². The van der Waals surface area contributed by atoms with Gasteiger partial charge in [0.15, 0.2) is 5.78 Å². The summed E-state index contributed by atoms with van der Waals surface area (Å²) >= 11 is 0. The summed E-state index contributed by atoms with van der Waals surface area (Å²) in [4.78, 5) is 42.5. The first-order valence-corrected chi connectivity index (χ1v) is 18.6. The van der Waals surface area contributed by atoms with Gasteiger partial charge in [0, 0.05) is 37.2 Å². The Balaban J connectivity index is 1.50. The third kappa shape index (κ3) is 8.37. The largest absolute Gasteiger partial charge is 0.306 e. The first kappa shape index (κ1) is 36.2. The lowest BCUT2D eigenvalue weighted by atomic mass is 9.87. The Kier molecular flexibility index (Phi) is 11.2. The summed E-state index contributed by atoms with van der Waals surface area (Å²) in [5.41, 5.74) is -0.0107. The minimum Gasteiger partial charge on any atom is -0.306 e. The number of nitro benzene ring substituents is 2. The predicted octanol–water partition coefficient (Wildman–Crippen LogP) is 4.15. The van der Waals surface area contributed by atoms with E-state index in [4.69, 9.17) is 4.84 Å². The number of sulfonamides is 2. The van der Waals surface area contributed by atoms with Crippen LogP contribution >= 0.6 is 0 Å². The van der Waals surface area contributed by atoms with Crippen molar-refractivity contribution in [1.82, 2.24) is 13.7 Å². The summed E-state index contributed by atoms with van der Waals surface area (Å²) < 4.78 is 58.3. The number of rotatable bonds is 13. The molecule has 49 heavy (non-hydrogen) atoms. The van der Waals surface area contributed by atoms with Crippen molar-refractivity contribution >= 4 is 37.2 Å². The van der Waals surface area contributed by atoms with E-state index in [0.29, 0.717) is 5.56 Å². The van der Waals surface area contributed by atoms with Gasteiger partial charge in [0.2, 0.25) is 10.0 Å². The molecule has 17 heteroatoms. The fourth-order valence-electron chi connectivity index (χ4n) is 6.17. The first-order chi connectivity index (χ1) is 23.3. The van der Waals surface area contributed by atoms with E-state index in [1.54, 1.807) is 30.3 Å². The second-order valence-electron chi connectivity index (χ2n) is 12.3. The van der Waals surface area contributed by atoms with Crippen LogP contribution in [0.2, 0.25) is 0 Å². The van der Waals surface area contributed by atoms with E-state index in [1.165, 1.54) is 0 Å². The monoisotopic (exact) mass is 715 g/mol. The molecular formula is C32H37N5O10S2. The number of likely N-dealkylation sites (tertiary alicyclic amines) is 1. The number of nitrogens with zero attached hydrogens (tertiary/aromatic N) is 5. The molecule has 2 fully saturated rings. The van der Waals surface area contributed by atoms with E-state index in [1.807, 2.05) is 7.05 Å². The van der Waals surface area contributed by atoms with Crippen LogP contribution in [0.1, 0.15) is 37.7 Å². The molecule has 0 amide bonds. The first-order valence-electron chi connectivity index (χ1n) is 15.7. The Bertz CT molecular complexity index is 1870. The lowest BCUT2D eigenvalue weighted by molar-refractivity contribution is -0.385. The van der Waals surface area contributed by atoms with Crippen LogP contribution in [0, 0.1) is 26.1 Å². The quantitative estimate of drug-likeness (QED) is 0.183. The molecule has 0 spiro atoms. The SMILES string of the molecule is CN1CCC(CC(=O)[C@@H]2CC[C@@H](N(OCc3ccccc3)S(=O)(=O)c3ccc([N+](=O)[O-])cc3)CN2S(=O)(=O)c2ccc([N+](=O)[O-])cc2)CC1. The van der Waals surface area contributed by atoms with E-state index < -0.39 is 48.5 Å². The number of hydrogen-bond donors (Lipinski definition) is 0. The maximum Gasteiger partial charge on any atom is 0.269 e. The van der Waals surface area contributed by atoms with Crippen molar-refractivity contribution in [2.24, 2.45) is 5.92 Å². The highest BCUT2D eigenvalue weighted by Crippen LogP contribution is 2.34. The number of hydroxylamine groups is 1. The average Bonchev–Trinajstić information content (AvgIpc) is 3.09. The number of carbonyl (C=O) groups excluding carboxylic acids is 1. The van der Waals surface area contributed by atoms with Gasteiger partial charge in [-0.25, -0.2) is 16.8 Å². The summed E-state index contributed by atoms with van der Waals surface area (Å²) in [6.07, 6.45) is 1.77. The van der Waals surface area contributed by atoms with E-state index >= 15 is 0 Å². The molecule has 0 radical (unpaired) electrons. The average molecular weight is 716 g/mol. The normalized spacial score (nSPS) is 19.9. The molecule has 2 heterocycles. The predicted molar refractivity (Wildman–Crippen MR) is 177 cm³/mol. The highest BCUT2D eigenvalue weighted by Gasteiger charge is 2.45. The lowest BCUT2D eigenvalue weighted by Crippen LogP contribution is -2.57. The van der Waals surface area contributed by atoms with Gasteiger partial charge in [0.25, 0.3) is 21.4 Å². The van der Waals surface area contributed by atoms with E-state index in [2.05, 4.69) is 4.90 Å². The standard InChI is InChI=1S/C32H37N5O10S2/c1-33-19-17-24(18-20-33)21-32(38)31-16-11-28(22-34(31)48(43,44)29-12-7-26(8-13-29)35(39)40)37(47-23-25-5-3-2-4-6-25)49(45,46)30-14-9-27(10-15-30)36(41)42/h2-10,12-15,24,28,31H,11,16-23H2,1H3/t28-,31+/m1/s1. The molecule has 3 aromatic rings. The number of benzene rings is 3. The second kappa shape index (κ2) is 15.2. The van der Waals surface area contributed by atoms with Crippen LogP contribution in [-0.2, 0) is 36.3 Å². The van der Waals surface area contributed by atoms with Crippen LogP contribution in [0.4, 0.5) is 11.4 Å². The number of carbonyl (C=O) groups is 1. The summed E-state index contributed by atoms with van der Waals surface area (Å²) in [5.74, 6) is -0.216. The van der Waals surface area contributed by atoms with Crippen molar-refractivity contribution in [3.63, 3.8) is 0 Å². The summed E-state index contributed by atoms with van der Waals surface area (Å²) in [6, 6.07) is 15.0. The van der Waals surface area contributed by atoms with Gasteiger partial charge in [0.1, 0.15) is 0 Å². The zero-order chi connectivity index (χ0) is 35.3. The molecule has 0 saturated carbocycles. The fraction of sp³-hybridized carbons (Fsp3) is 0.406. The van der Waals surface area contributed by atoms with Crippen molar-refractivity contribution in [1.29, 1.82) is 0 Å². The van der Waals surface area contributed by atoms with Crippen molar-refractivity contribution in [3.8, 4) is 0 Å². The molecule has 262 valence electrons. The Hall–Kier alpha value is -4.13. The van der Waals surface area contributed by atoms with Gasteiger partial charge in [-0.15, -0.1) is 0 Å². The zero-order valence-corrected chi connectivity index (χ0v) is 28.4. The number of nitro groups is 2. The molecule has 0 aromatic heterocycles. The zero-order valence-electron chi connectivity index (χ0n) is 26.7. The summed E-state index contributed by atoms with van der Waals surface area (Å²) in [5, 5.41) is 22.5. The fourth-order valence-corrected chi connectivity index (χ4v) is 9.29. The third-order valence-corrected chi connectivity index (χ3v) is 12.6. The second-order valence-corrected chi connectivity index (χ2v) is 15.9. The molecule has 2 saturated heterocycles. The highest BCUT2D eigenvalue weighted by atomic mass is 32.2. The number of Topliss-reactive ketones (excluding diaryl/α,β-unsaturated/α-hetero) is 1. The van der Waals surface area contributed by atoms with E-state index in [-0.39, 0.29) is 58.7 Å². The smallest absolute Gasteiger partial charge is 0.269 e. The van der Waals surface area contributed by atoms with Gasteiger partial charge in [0.05, 0.1) is 38.3 Å². The molecule has 0 aliphatic carbocycles. The molecule has 2 aliphatic heterocycles. The van der Waals surface area contributed by atoms with Gasteiger partial charge in [-0.05, 0) is 81.6 Å². The highest BCUT2D eigenvalue weighted by molar-refractivity contribution is 7.89. The van der Waals surface area contributed by atoms with E-state index in [0.717, 1.165) is 83.2 Å². The number of ketones is 1. The van der Waals surface area contributed by atoms with Crippen molar-refractivity contribution < 1.29 is 36.3 Å². The molecule has 0 unspecified atom stereocenters. The molecule has 0 N–H and O–H groups in total. The maximum atomic E-state index is 14.2. The van der Waals surface area contributed by atoms with Crippen LogP contribution in [0.3, 0.4) is 0 Å². The number of hydrogen-bond acceptors (Lipinski definition) is 11. The molecule has 5 rings (SSSR count). The molecule has 2 aliphatic rings. The Labute approximate surface area is 284 Å². The van der Waals surface area contributed by atoms with Gasteiger partial charge in [-0.1, -0.05) is 34.8 Å². The Morgan fingerprint density at radius 3 is 1.92 bits per heavy atom. The Morgan fingerprint density at radius 1 is 0.816 bits per heavy atom. The minimum atomic E-state index is -4.53. The van der Waals surface area contributed by atoms with Crippen LogP contribution in [0.15, 0.2) is 88.7 Å². The summed E-state index contributed by atoms with van der Waals surface area (Å²) in [7, 11) is -7.01. The minimum absolute atomic E-state index is 0.0106. The maximum absolute atomic E-state index is 14.2. The van der Waals surface area contributed by atoms with Gasteiger partial charge in [-0.3, -0.25) is 29.9 Å². The Morgan fingerprint density at radius 2 is 1.37 bits per heavy atom. The molecule has 15 nitrogen and oxygen atoms in total. The van der Waals surface area contributed by atoms with Crippen molar-refractivity contribution in [2.75, 3.05) is 26.7 Å². The summed E-state index contributed by atoms with van der Waals surface area (Å²) in [6.45, 7) is 0.967. The number of non-ortho nitro benzene ring substituents is 2. The third-order valence-electron chi connectivity index (χ3n) is 8.95. The van der Waals surface area contributed by atoms with Crippen molar-refractivity contribution in [3.05, 3.63) is 105 Å². The molecule has 3 aromatic carbocycles. The molecule has 0 bridgehead atoms. The van der Waals surface area contributed by atoms with Gasteiger partial charge in [-0.2, -0.15) is 4.31 Å². The van der Waals surface area contributed by atoms with Crippen LogP contribution in [0.5, 0.6) is 0 Å². The van der Waals surface area contributed by atoms with Crippen LogP contribution < -0.4 is 0 Å². The number of piperidine rings is 2. The molecular weight excluding hydrogens is 679 g/mol. The lowest BCUT2D eigenvalue weighted by Gasteiger charge is -2.41. The topological polar surface area (TPSA) is 191 Å².